The summed E-state index contributed by atoms with van der Waals surface area (Å²) in [5.41, 5.74) is 1.27. The first-order valence-corrected chi connectivity index (χ1v) is 6.21. The first-order valence-electron chi connectivity index (χ1n) is 6.21. The number of benzene rings is 1. The Morgan fingerprint density at radius 3 is 2.82 bits per heavy atom. The summed E-state index contributed by atoms with van der Waals surface area (Å²) in [6, 6.07) is 8.73. The fourth-order valence-electron chi connectivity index (χ4n) is 1.99. The lowest BCUT2D eigenvalue weighted by Gasteiger charge is -2.17. The molecule has 0 radical (unpaired) electrons. The molecule has 0 spiro atoms. The van der Waals surface area contributed by atoms with Gasteiger partial charge in [0.05, 0.1) is 7.11 Å². The number of allylic oxidation sites excluding steroid dienone is 1. The van der Waals surface area contributed by atoms with E-state index in [1.54, 1.807) is 7.11 Å². The van der Waals surface area contributed by atoms with Crippen molar-refractivity contribution in [1.29, 1.82) is 0 Å². The van der Waals surface area contributed by atoms with Crippen molar-refractivity contribution in [3.63, 3.8) is 0 Å². The number of hydrogen-bond acceptors (Lipinski definition) is 2. The molecule has 1 N–H and O–H groups in total. The van der Waals surface area contributed by atoms with Crippen LogP contribution in [0.15, 0.2) is 36.9 Å². The van der Waals surface area contributed by atoms with Gasteiger partial charge in [-0.15, -0.1) is 6.58 Å². The minimum atomic E-state index is 0.506. The van der Waals surface area contributed by atoms with E-state index in [-0.39, 0.29) is 0 Å². The first-order chi connectivity index (χ1) is 8.31. The van der Waals surface area contributed by atoms with Crippen LogP contribution in [0.5, 0.6) is 5.75 Å². The minimum absolute atomic E-state index is 0.506. The summed E-state index contributed by atoms with van der Waals surface area (Å²) in [7, 11) is 3.75. The van der Waals surface area contributed by atoms with Crippen molar-refractivity contribution in [1.82, 2.24) is 5.32 Å². The highest BCUT2D eigenvalue weighted by Crippen LogP contribution is 2.20. The Morgan fingerprint density at radius 1 is 1.41 bits per heavy atom. The number of unbranched alkanes of at least 4 members (excludes halogenated alkanes) is 1. The Morgan fingerprint density at radius 2 is 2.18 bits per heavy atom. The Labute approximate surface area is 105 Å². The van der Waals surface area contributed by atoms with E-state index in [0.29, 0.717) is 6.04 Å². The molecule has 1 unspecified atom stereocenters. The molecule has 94 valence electrons. The van der Waals surface area contributed by atoms with E-state index in [1.807, 2.05) is 25.3 Å². The maximum atomic E-state index is 5.37. The lowest BCUT2D eigenvalue weighted by molar-refractivity contribution is 0.404. The van der Waals surface area contributed by atoms with Gasteiger partial charge in [0, 0.05) is 6.04 Å². The average molecular weight is 233 g/mol. The van der Waals surface area contributed by atoms with Gasteiger partial charge in [0.25, 0.3) is 0 Å². The number of para-hydroxylation sites is 1. The number of rotatable bonds is 8. The highest BCUT2D eigenvalue weighted by atomic mass is 16.5. The summed E-state index contributed by atoms with van der Waals surface area (Å²) in [5.74, 6) is 0.983. The lowest BCUT2D eigenvalue weighted by Crippen LogP contribution is -2.27. The van der Waals surface area contributed by atoms with Crippen molar-refractivity contribution in [2.75, 3.05) is 14.2 Å². The third kappa shape index (κ3) is 4.61. The van der Waals surface area contributed by atoms with Gasteiger partial charge < -0.3 is 10.1 Å². The van der Waals surface area contributed by atoms with Gasteiger partial charge in [-0.05, 0) is 44.4 Å². The molecule has 0 heterocycles. The van der Waals surface area contributed by atoms with Crippen LogP contribution in [0, 0.1) is 0 Å². The van der Waals surface area contributed by atoms with Crippen LogP contribution < -0.4 is 10.1 Å². The van der Waals surface area contributed by atoms with E-state index in [4.69, 9.17) is 4.74 Å². The molecule has 1 rings (SSSR count). The van der Waals surface area contributed by atoms with E-state index in [1.165, 1.54) is 18.4 Å². The molecule has 0 amide bonds. The predicted molar refractivity (Wildman–Crippen MR) is 73.6 cm³/mol. The molecule has 1 aromatic rings. The number of hydrogen-bond donors (Lipinski definition) is 1. The fraction of sp³-hybridized carbons (Fsp3) is 0.467. The van der Waals surface area contributed by atoms with Gasteiger partial charge in [-0.3, -0.25) is 0 Å². The van der Waals surface area contributed by atoms with Gasteiger partial charge >= 0.3 is 0 Å². The molecule has 0 aliphatic rings. The van der Waals surface area contributed by atoms with Gasteiger partial charge in [-0.1, -0.05) is 24.3 Å². The summed E-state index contributed by atoms with van der Waals surface area (Å²) in [6.07, 6.45) is 6.43. The number of methoxy groups -OCH3 is 1. The number of nitrogens with one attached hydrogen (secondary N) is 1. The topological polar surface area (TPSA) is 21.3 Å². The fourth-order valence-corrected chi connectivity index (χ4v) is 1.99. The maximum Gasteiger partial charge on any atom is 0.122 e. The predicted octanol–water partition coefficient (Wildman–Crippen LogP) is 3.18. The Kier molecular flexibility index (Phi) is 6.41. The molecule has 17 heavy (non-hydrogen) atoms. The molecular weight excluding hydrogens is 210 g/mol. The second-order valence-electron chi connectivity index (χ2n) is 4.22. The quantitative estimate of drug-likeness (QED) is 0.550. The van der Waals surface area contributed by atoms with Crippen molar-refractivity contribution >= 4 is 0 Å². The molecule has 0 bridgehead atoms. The van der Waals surface area contributed by atoms with Gasteiger partial charge in [0.15, 0.2) is 0 Å². The largest absolute Gasteiger partial charge is 0.496 e. The summed E-state index contributed by atoms with van der Waals surface area (Å²) in [4.78, 5) is 0. The Balaban J connectivity index is 2.56. The third-order valence-corrected chi connectivity index (χ3v) is 3.03. The molecule has 0 saturated heterocycles. The number of likely N-dealkylation sites (N-methyl/N-ethyl adjacent to an activating group) is 1. The standard InChI is InChI=1S/C15H23NO/c1-4-5-6-10-14(16-2)12-13-9-7-8-11-15(13)17-3/h4,7-9,11,14,16H,1,5-6,10,12H2,2-3H3. The van der Waals surface area contributed by atoms with Gasteiger partial charge in [0.2, 0.25) is 0 Å². The zero-order chi connectivity index (χ0) is 12.5. The zero-order valence-corrected chi connectivity index (χ0v) is 10.9. The monoisotopic (exact) mass is 233 g/mol. The smallest absolute Gasteiger partial charge is 0.122 e. The lowest BCUT2D eigenvalue weighted by atomic mass is 10.0. The van der Waals surface area contributed by atoms with E-state index in [0.717, 1.165) is 18.6 Å². The molecule has 0 aliphatic carbocycles. The number of ether oxygens (including phenoxy) is 1. The van der Waals surface area contributed by atoms with Crippen LogP contribution in [0.25, 0.3) is 0 Å². The van der Waals surface area contributed by atoms with Crippen molar-refractivity contribution < 1.29 is 4.74 Å². The van der Waals surface area contributed by atoms with Crippen LogP contribution in [0.2, 0.25) is 0 Å². The highest BCUT2D eigenvalue weighted by molar-refractivity contribution is 5.33. The van der Waals surface area contributed by atoms with Crippen LogP contribution >= 0.6 is 0 Å². The van der Waals surface area contributed by atoms with Crippen LogP contribution in [0.1, 0.15) is 24.8 Å². The molecule has 1 atom stereocenters. The van der Waals surface area contributed by atoms with Gasteiger partial charge in [-0.25, -0.2) is 0 Å². The van der Waals surface area contributed by atoms with E-state index >= 15 is 0 Å². The Hall–Kier alpha value is -1.28. The SMILES string of the molecule is C=CCCCC(Cc1ccccc1OC)NC. The minimum Gasteiger partial charge on any atom is -0.496 e. The summed E-state index contributed by atoms with van der Waals surface area (Å²) < 4.78 is 5.37. The second kappa shape index (κ2) is 7.91. The summed E-state index contributed by atoms with van der Waals surface area (Å²) in [5, 5.41) is 3.37. The average Bonchev–Trinajstić information content (AvgIpc) is 2.38. The molecule has 2 nitrogen and oxygen atoms in total. The van der Waals surface area contributed by atoms with E-state index < -0.39 is 0 Å². The summed E-state index contributed by atoms with van der Waals surface area (Å²) in [6.45, 7) is 3.75. The maximum absolute atomic E-state index is 5.37. The van der Waals surface area contributed by atoms with Crippen molar-refractivity contribution in [2.45, 2.75) is 31.7 Å². The van der Waals surface area contributed by atoms with E-state index in [2.05, 4.69) is 24.0 Å². The van der Waals surface area contributed by atoms with E-state index in [9.17, 15) is 0 Å². The molecule has 0 aliphatic heterocycles. The first kappa shape index (κ1) is 13.8. The Bertz CT molecular complexity index is 335. The highest BCUT2D eigenvalue weighted by Gasteiger charge is 2.09. The van der Waals surface area contributed by atoms with Gasteiger partial charge in [-0.2, -0.15) is 0 Å². The third-order valence-electron chi connectivity index (χ3n) is 3.03. The molecule has 2 heteroatoms. The normalized spacial score (nSPS) is 12.1. The van der Waals surface area contributed by atoms with Crippen LogP contribution in [-0.4, -0.2) is 20.2 Å². The van der Waals surface area contributed by atoms with Crippen molar-refractivity contribution in [2.24, 2.45) is 0 Å². The second-order valence-corrected chi connectivity index (χ2v) is 4.22. The summed E-state index contributed by atoms with van der Waals surface area (Å²) >= 11 is 0. The van der Waals surface area contributed by atoms with Crippen LogP contribution in [0.4, 0.5) is 0 Å². The molecule has 0 saturated carbocycles. The van der Waals surface area contributed by atoms with Crippen LogP contribution in [-0.2, 0) is 6.42 Å². The zero-order valence-electron chi connectivity index (χ0n) is 10.9. The van der Waals surface area contributed by atoms with Crippen molar-refractivity contribution in [3.8, 4) is 5.75 Å². The van der Waals surface area contributed by atoms with Gasteiger partial charge in [0.1, 0.15) is 5.75 Å². The molecule has 0 fully saturated rings. The molecule has 1 aromatic carbocycles. The molecular formula is C15H23NO. The molecule has 0 aromatic heterocycles. The van der Waals surface area contributed by atoms with Crippen molar-refractivity contribution in [3.05, 3.63) is 42.5 Å². The van der Waals surface area contributed by atoms with Crippen LogP contribution in [0.3, 0.4) is 0 Å².